The molecule has 0 aliphatic carbocycles. The summed E-state index contributed by atoms with van der Waals surface area (Å²) in [6.45, 7) is 1.98. The third-order valence-electron chi connectivity index (χ3n) is 3.52. The number of nitrogens with zero attached hydrogens (tertiary/aromatic N) is 1. The lowest BCUT2D eigenvalue weighted by Crippen LogP contribution is -2.37. The fourth-order valence-corrected chi connectivity index (χ4v) is 2.69. The molecule has 0 radical (unpaired) electrons. The predicted molar refractivity (Wildman–Crippen MR) is 99.8 cm³/mol. The Morgan fingerprint density at radius 1 is 1.12 bits per heavy atom. The topological polar surface area (TPSA) is 58.6 Å². The number of ether oxygens (including phenoxy) is 1. The Morgan fingerprint density at radius 2 is 1.84 bits per heavy atom. The molecule has 0 unspecified atom stereocenters. The standard InChI is InChI=1S/C18H18Cl2N2O3/c1-12(23)22(16-11-15(20)6-7-17(16)25-2)9-8-21-18(24)13-4-3-5-14(19)10-13/h3-7,10-11H,8-9H2,1-2H3,(H,21,24). The first-order valence-electron chi connectivity index (χ1n) is 7.57. The van der Waals surface area contributed by atoms with Crippen LogP contribution in [-0.2, 0) is 4.79 Å². The zero-order valence-electron chi connectivity index (χ0n) is 13.9. The quantitative estimate of drug-likeness (QED) is 0.829. The van der Waals surface area contributed by atoms with Crippen LogP contribution in [0.3, 0.4) is 0 Å². The van der Waals surface area contributed by atoms with E-state index in [1.54, 1.807) is 42.5 Å². The number of hydrogen-bond donors (Lipinski definition) is 1. The first-order chi connectivity index (χ1) is 11.9. The Morgan fingerprint density at radius 3 is 2.48 bits per heavy atom. The first-order valence-corrected chi connectivity index (χ1v) is 8.33. The van der Waals surface area contributed by atoms with Crippen LogP contribution < -0.4 is 15.0 Å². The minimum Gasteiger partial charge on any atom is -0.495 e. The predicted octanol–water partition coefficient (Wildman–Crippen LogP) is 3.78. The van der Waals surface area contributed by atoms with Gasteiger partial charge in [0.05, 0.1) is 12.8 Å². The summed E-state index contributed by atoms with van der Waals surface area (Å²) in [6.07, 6.45) is 0. The summed E-state index contributed by atoms with van der Waals surface area (Å²) in [5.74, 6) is 0.0856. The molecule has 1 N–H and O–H groups in total. The van der Waals surface area contributed by atoms with Gasteiger partial charge in [0.1, 0.15) is 5.75 Å². The Labute approximate surface area is 156 Å². The average molecular weight is 381 g/mol. The van der Waals surface area contributed by atoms with Crippen LogP contribution in [0.1, 0.15) is 17.3 Å². The number of rotatable bonds is 6. The van der Waals surface area contributed by atoms with Gasteiger partial charge in [-0.1, -0.05) is 29.3 Å². The maximum atomic E-state index is 12.1. The van der Waals surface area contributed by atoms with Crippen LogP contribution in [0.25, 0.3) is 0 Å². The van der Waals surface area contributed by atoms with Crippen molar-refractivity contribution in [2.75, 3.05) is 25.1 Å². The van der Waals surface area contributed by atoms with Gasteiger partial charge in [0.2, 0.25) is 5.91 Å². The molecule has 0 heterocycles. The molecule has 2 rings (SSSR count). The third-order valence-corrected chi connectivity index (χ3v) is 3.99. The van der Waals surface area contributed by atoms with Crippen molar-refractivity contribution >= 4 is 40.7 Å². The number of nitrogens with one attached hydrogen (secondary N) is 1. The fraction of sp³-hybridized carbons (Fsp3) is 0.222. The highest BCUT2D eigenvalue weighted by Crippen LogP contribution is 2.31. The smallest absolute Gasteiger partial charge is 0.251 e. The number of halogens is 2. The van der Waals surface area contributed by atoms with Crippen molar-refractivity contribution in [3.05, 3.63) is 58.1 Å². The summed E-state index contributed by atoms with van der Waals surface area (Å²) < 4.78 is 5.29. The van der Waals surface area contributed by atoms with E-state index in [0.717, 1.165) is 0 Å². The van der Waals surface area contributed by atoms with Crippen molar-refractivity contribution in [3.8, 4) is 5.75 Å². The minimum atomic E-state index is -0.260. The molecule has 2 aromatic rings. The Kier molecular flexibility index (Phi) is 6.67. The van der Waals surface area contributed by atoms with E-state index in [-0.39, 0.29) is 24.9 Å². The summed E-state index contributed by atoms with van der Waals surface area (Å²) in [7, 11) is 1.52. The first kappa shape index (κ1) is 19.1. The van der Waals surface area contributed by atoms with Crippen molar-refractivity contribution in [1.82, 2.24) is 5.32 Å². The van der Waals surface area contributed by atoms with Crippen molar-refractivity contribution < 1.29 is 14.3 Å². The SMILES string of the molecule is COc1ccc(Cl)cc1N(CCNC(=O)c1cccc(Cl)c1)C(C)=O. The third kappa shape index (κ3) is 5.11. The second-order valence-electron chi connectivity index (χ2n) is 5.25. The van der Waals surface area contributed by atoms with Gasteiger partial charge in [-0.2, -0.15) is 0 Å². The summed E-state index contributed by atoms with van der Waals surface area (Å²) >= 11 is 11.9. The van der Waals surface area contributed by atoms with E-state index in [4.69, 9.17) is 27.9 Å². The molecular weight excluding hydrogens is 363 g/mol. The molecule has 0 aliphatic heterocycles. The Balaban J connectivity index is 2.07. The molecule has 2 amide bonds. The number of hydrogen-bond acceptors (Lipinski definition) is 3. The van der Waals surface area contributed by atoms with Crippen LogP contribution in [0.15, 0.2) is 42.5 Å². The fourth-order valence-electron chi connectivity index (χ4n) is 2.33. The van der Waals surface area contributed by atoms with E-state index >= 15 is 0 Å². The monoisotopic (exact) mass is 380 g/mol. The molecule has 0 atom stereocenters. The number of amides is 2. The maximum Gasteiger partial charge on any atom is 0.251 e. The molecule has 5 nitrogen and oxygen atoms in total. The number of anilines is 1. The number of carbonyl (C=O) groups is 2. The second-order valence-corrected chi connectivity index (χ2v) is 6.13. The van der Waals surface area contributed by atoms with Crippen molar-refractivity contribution in [1.29, 1.82) is 0 Å². The molecule has 132 valence electrons. The lowest BCUT2D eigenvalue weighted by molar-refractivity contribution is -0.116. The minimum absolute atomic E-state index is 0.183. The van der Waals surface area contributed by atoms with Gasteiger partial charge >= 0.3 is 0 Å². The molecule has 0 fully saturated rings. The number of benzene rings is 2. The lowest BCUT2D eigenvalue weighted by Gasteiger charge is -2.23. The largest absolute Gasteiger partial charge is 0.495 e. The molecule has 0 bridgehead atoms. The second kappa shape index (κ2) is 8.74. The summed E-state index contributed by atoms with van der Waals surface area (Å²) in [5.41, 5.74) is 1.02. The van der Waals surface area contributed by atoms with Gasteiger partial charge in [-0.05, 0) is 36.4 Å². The van der Waals surface area contributed by atoms with Gasteiger partial charge in [-0.3, -0.25) is 9.59 Å². The van der Waals surface area contributed by atoms with Gasteiger partial charge < -0.3 is 15.0 Å². The maximum absolute atomic E-state index is 12.1. The van der Waals surface area contributed by atoms with Crippen LogP contribution in [0.2, 0.25) is 10.0 Å². The number of carbonyl (C=O) groups excluding carboxylic acids is 2. The summed E-state index contributed by atoms with van der Waals surface area (Å²) in [4.78, 5) is 25.7. The molecule has 0 aliphatic rings. The molecule has 25 heavy (non-hydrogen) atoms. The molecule has 7 heteroatoms. The summed E-state index contributed by atoms with van der Waals surface area (Å²) in [5, 5.41) is 3.75. The van der Waals surface area contributed by atoms with E-state index in [9.17, 15) is 9.59 Å². The number of methoxy groups -OCH3 is 1. The van der Waals surface area contributed by atoms with Crippen LogP contribution in [0.5, 0.6) is 5.75 Å². The van der Waals surface area contributed by atoms with Gasteiger partial charge in [0.25, 0.3) is 5.91 Å². The normalized spacial score (nSPS) is 10.2. The molecular formula is C18H18Cl2N2O3. The highest BCUT2D eigenvalue weighted by molar-refractivity contribution is 6.31. The van der Waals surface area contributed by atoms with E-state index in [2.05, 4.69) is 5.32 Å². The molecule has 0 saturated heterocycles. The molecule has 0 aromatic heterocycles. The highest BCUT2D eigenvalue weighted by Gasteiger charge is 2.17. The molecule has 2 aromatic carbocycles. The van der Waals surface area contributed by atoms with Crippen molar-refractivity contribution in [2.45, 2.75) is 6.92 Å². The lowest BCUT2D eigenvalue weighted by atomic mass is 10.2. The molecule has 0 saturated carbocycles. The van der Waals surface area contributed by atoms with Gasteiger partial charge in [0.15, 0.2) is 0 Å². The van der Waals surface area contributed by atoms with Gasteiger partial charge in [0, 0.05) is 35.6 Å². The van der Waals surface area contributed by atoms with Crippen LogP contribution in [0.4, 0.5) is 5.69 Å². The highest BCUT2D eigenvalue weighted by atomic mass is 35.5. The van der Waals surface area contributed by atoms with Crippen LogP contribution >= 0.6 is 23.2 Å². The zero-order valence-corrected chi connectivity index (χ0v) is 15.4. The molecule has 0 spiro atoms. The Bertz CT molecular complexity index is 781. The zero-order chi connectivity index (χ0) is 18.4. The van der Waals surface area contributed by atoms with Crippen molar-refractivity contribution in [2.24, 2.45) is 0 Å². The van der Waals surface area contributed by atoms with Crippen LogP contribution in [-0.4, -0.2) is 32.0 Å². The van der Waals surface area contributed by atoms with Crippen LogP contribution in [0, 0.1) is 0 Å². The van der Waals surface area contributed by atoms with E-state index in [1.807, 2.05) is 0 Å². The average Bonchev–Trinajstić information content (AvgIpc) is 2.58. The van der Waals surface area contributed by atoms with E-state index < -0.39 is 0 Å². The van der Waals surface area contributed by atoms with Crippen molar-refractivity contribution in [3.63, 3.8) is 0 Å². The van der Waals surface area contributed by atoms with E-state index in [0.29, 0.717) is 27.0 Å². The van der Waals surface area contributed by atoms with Gasteiger partial charge in [-0.25, -0.2) is 0 Å². The summed E-state index contributed by atoms with van der Waals surface area (Å²) in [6, 6.07) is 11.7. The van der Waals surface area contributed by atoms with E-state index in [1.165, 1.54) is 18.9 Å². The Hall–Kier alpha value is -2.24. The van der Waals surface area contributed by atoms with Gasteiger partial charge in [-0.15, -0.1) is 0 Å².